The zero-order valence-corrected chi connectivity index (χ0v) is 11.6. The molecule has 0 saturated carbocycles. The summed E-state index contributed by atoms with van der Waals surface area (Å²) in [7, 11) is 1.66. The quantitative estimate of drug-likeness (QED) is 0.726. The summed E-state index contributed by atoms with van der Waals surface area (Å²) in [5.74, 6) is 0.850. The molecule has 18 heavy (non-hydrogen) atoms. The summed E-state index contributed by atoms with van der Waals surface area (Å²) in [6, 6.07) is 15.6. The molecule has 0 radical (unpaired) electrons. The lowest BCUT2D eigenvalue weighted by Crippen LogP contribution is -1.96. The second kappa shape index (κ2) is 6.12. The number of hydrogen-bond donors (Lipinski definition) is 0. The highest BCUT2D eigenvalue weighted by Gasteiger charge is 2.09. The van der Waals surface area contributed by atoms with Gasteiger partial charge >= 0.3 is 0 Å². The lowest BCUT2D eigenvalue weighted by atomic mass is 10.0. The zero-order chi connectivity index (χ0) is 13.0. The Labute approximate surface area is 117 Å². The molecular weight excluding hydrogens is 267 g/mol. The van der Waals surface area contributed by atoms with Crippen molar-refractivity contribution in [3.63, 3.8) is 0 Å². The minimum Gasteiger partial charge on any atom is -0.497 e. The Bertz CT molecular complexity index is 525. The van der Waals surface area contributed by atoms with Crippen molar-refractivity contribution in [3.8, 4) is 5.75 Å². The van der Waals surface area contributed by atoms with Crippen LogP contribution >= 0.6 is 23.2 Å². The second-order valence-electron chi connectivity index (χ2n) is 4.08. The van der Waals surface area contributed by atoms with Crippen molar-refractivity contribution in [3.05, 3.63) is 64.7 Å². The smallest absolute Gasteiger partial charge is 0.119 e. The SMILES string of the molecule is COc1cccc(CC(Cl)c2cccc(Cl)c2)c1. The van der Waals surface area contributed by atoms with Gasteiger partial charge in [-0.15, -0.1) is 11.6 Å². The van der Waals surface area contributed by atoms with Gasteiger partial charge in [-0.1, -0.05) is 35.9 Å². The van der Waals surface area contributed by atoms with E-state index >= 15 is 0 Å². The molecule has 1 atom stereocenters. The first-order chi connectivity index (χ1) is 8.69. The van der Waals surface area contributed by atoms with Crippen LogP contribution < -0.4 is 4.74 Å². The monoisotopic (exact) mass is 280 g/mol. The summed E-state index contributed by atoms with van der Waals surface area (Å²) < 4.78 is 5.20. The molecule has 94 valence electrons. The fourth-order valence-electron chi connectivity index (χ4n) is 1.83. The van der Waals surface area contributed by atoms with Gasteiger partial charge in [-0.2, -0.15) is 0 Å². The van der Waals surface area contributed by atoms with Gasteiger partial charge in [-0.05, 0) is 41.8 Å². The Kier molecular flexibility index (Phi) is 4.51. The van der Waals surface area contributed by atoms with Gasteiger partial charge in [-0.25, -0.2) is 0 Å². The van der Waals surface area contributed by atoms with E-state index < -0.39 is 0 Å². The van der Waals surface area contributed by atoms with Crippen LogP contribution in [0.4, 0.5) is 0 Å². The molecule has 0 aliphatic heterocycles. The Hall–Kier alpha value is -1.18. The van der Waals surface area contributed by atoms with Crippen LogP contribution in [0.1, 0.15) is 16.5 Å². The van der Waals surface area contributed by atoms with Crippen molar-refractivity contribution < 1.29 is 4.74 Å². The molecule has 0 aliphatic carbocycles. The summed E-state index contributed by atoms with van der Waals surface area (Å²) in [6.07, 6.45) is 0.749. The molecule has 1 nitrogen and oxygen atoms in total. The molecule has 0 bridgehead atoms. The third kappa shape index (κ3) is 3.41. The van der Waals surface area contributed by atoms with Crippen molar-refractivity contribution in [1.29, 1.82) is 0 Å². The topological polar surface area (TPSA) is 9.23 Å². The summed E-state index contributed by atoms with van der Waals surface area (Å²) >= 11 is 12.4. The highest BCUT2D eigenvalue weighted by Crippen LogP contribution is 2.27. The third-order valence-corrected chi connectivity index (χ3v) is 3.40. The van der Waals surface area contributed by atoms with E-state index in [1.807, 2.05) is 48.5 Å². The van der Waals surface area contributed by atoms with E-state index in [4.69, 9.17) is 27.9 Å². The van der Waals surface area contributed by atoms with Crippen LogP contribution in [0.15, 0.2) is 48.5 Å². The number of alkyl halides is 1. The molecule has 0 heterocycles. The van der Waals surface area contributed by atoms with Gasteiger partial charge in [0.1, 0.15) is 5.75 Å². The average molecular weight is 281 g/mol. The standard InChI is InChI=1S/C15H14Cl2O/c1-18-14-7-2-4-11(8-14)9-15(17)12-5-3-6-13(16)10-12/h2-8,10,15H,9H2,1H3. The van der Waals surface area contributed by atoms with Crippen LogP contribution in [-0.2, 0) is 6.42 Å². The summed E-state index contributed by atoms with van der Waals surface area (Å²) in [4.78, 5) is 0. The summed E-state index contributed by atoms with van der Waals surface area (Å²) in [6.45, 7) is 0. The van der Waals surface area contributed by atoms with Gasteiger partial charge in [0.25, 0.3) is 0 Å². The predicted molar refractivity (Wildman–Crippen MR) is 76.7 cm³/mol. The molecule has 2 rings (SSSR count). The Morgan fingerprint density at radius 1 is 1.11 bits per heavy atom. The van der Waals surface area contributed by atoms with Gasteiger partial charge in [-0.3, -0.25) is 0 Å². The minimum atomic E-state index is -0.0872. The molecule has 0 aliphatic rings. The van der Waals surface area contributed by atoms with Crippen LogP contribution in [0.2, 0.25) is 5.02 Å². The van der Waals surface area contributed by atoms with Gasteiger partial charge in [0, 0.05) is 5.02 Å². The molecule has 0 saturated heterocycles. The fourth-order valence-corrected chi connectivity index (χ4v) is 2.34. The largest absolute Gasteiger partial charge is 0.497 e. The van der Waals surface area contributed by atoms with Crippen molar-refractivity contribution >= 4 is 23.2 Å². The van der Waals surface area contributed by atoms with Crippen molar-refractivity contribution in [1.82, 2.24) is 0 Å². The summed E-state index contributed by atoms with van der Waals surface area (Å²) in [5.41, 5.74) is 2.18. The van der Waals surface area contributed by atoms with Crippen LogP contribution in [-0.4, -0.2) is 7.11 Å². The van der Waals surface area contributed by atoms with E-state index in [2.05, 4.69) is 0 Å². The highest BCUT2D eigenvalue weighted by atomic mass is 35.5. The van der Waals surface area contributed by atoms with E-state index in [1.165, 1.54) is 0 Å². The molecular formula is C15H14Cl2O. The lowest BCUT2D eigenvalue weighted by Gasteiger charge is -2.11. The van der Waals surface area contributed by atoms with Gasteiger partial charge in [0.15, 0.2) is 0 Å². The van der Waals surface area contributed by atoms with Gasteiger partial charge in [0.2, 0.25) is 0 Å². The number of hydrogen-bond acceptors (Lipinski definition) is 1. The lowest BCUT2D eigenvalue weighted by molar-refractivity contribution is 0.414. The normalized spacial score (nSPS) is 12.2. The fraction of sp³-hybridized carbons (Fsp3) is 0.200. The number of ether oxygens (including phenoxy) is 1. The Morgan fingerprint density at radius 3 is 2.61 bits per heavy atom. The molecule has 0 spiro atoms. The number of rotatable bonds is 4. The molecule has 3 heteroatoms. The van der Waals surface area contributed by atoms with Crippen molar-refractivity contribution in [2.75, 3.05) is 7.11 Å². The molecule has 2 aromatic carbocycles. The van der Waals surface area contributed by atoms with E-state index in [0.717, 1.165) is 23.3 Å². The Morgan fingerprint density at radius 2 is 1.89 bits per heavy atom. The van der Waals surface area contributed by atoms with Crippen LogP contribution in [0, 0.1) is 0 Å². The van der Waals surface area contributed by atoms with Crippen LogP contribution in [0.5, 0.6) is 5.75 Å². The van der Waals surface area contributed by atoms with Gasteiger partial charge in [0.05, 0.1) is 12.5 Å². The molecule has 1 unspecified atom stereocenters. The van der Waals surface area contributed by atoms with Gasteiger partial charge < -0.3 is 4.74 Å². The van der Waals surface area contributed by atoms with E-state index in [9.17, 15) is 0 Å². The maximum atomic E-state index is 6.41. The van der Waals surface area contributed by atoms with Crippen molar-refractivity contribution in [2.24, 2.45) is 0 Å². The predicted octanol–water partition coefficient (Wildman–Crippen LogP) is 4.87. The van der Waals surface area contributed by atoms with E-state index in [1.54, 1.807) is 7.11 Å². The number of halogens is 2. The molecule has 0 N–H and O–H groups in total. The first kappa shape index (κ1) is 13.3. The zero-order valence-electron chi connectivity index (χ0n) is 10.1. The number of benzene rings is 2. The maximum absolute atomic E-state index is 6.41. The van der Waals surface area contributed by atoms with E-state index in [-0.39, 0.29) is 5.38 Å². The van der Waals surface area contributed by atoms with E-state index in [0.29, 0.717) is 5.02 Å². The highest BCUT2D eigenvalue weighted by molar-refractivity contribution is 6.30. The van der Waals surface area contributed by atoms with Crippen LogP contribution in [0.25, 0.3) is 0 Å². The first-order valence-corrected chi connectivity index (χ1v) is 6.53. The molecule has 0 aromatic heterocycles. The van der Waals surface area contributed by atoms with Crippen molar-refractivity contribution in [2.45, 2.75) is 11.8 Å². The minimum absolute atomic E-state index is 0.0872. The third-order valence-electron chi connectivity index (χ3n) is 2.76. The van der Waals surface area contributed by atoms with Crippen LogP contribution in [0.3, 0.4) is 0 Å². The molecule has 2 aromatic rings. The molecule has 0 amide bonds. The Balaban J connectivity index is 2.13. The maximum Gasteiger partial charge on any atom is 0.119 e. The first-order valence-electron chi connectivity index (χ1n) is 5.71. The summed E-state index contributed by atoms with van der Waals surface area (Å²) in [5, 5.41) is 0.625. The average Bonchev–Trinajstić information content (AvgIpc) is 2.39. The molecule has 0 fully saturated rings. The number of methoxy groups -OCH3 is 1. The second-order valence-corrected chi connectivity index (χ2v) is 5.04.